The summed E-state index contributed by atoms with van der Waals surface area (Å²) >= 11 is 0. The number of phenols is 1. The van der Waals surface area contributed by atoms with Gasteiger partial charge in [0.15, 0.2) is 0 Å². The van der Waals surface area contributed by atoms with Gasteiger partial charge in [-0.05, 0) is 18.2 Å². The molecule has 11 nitrogen and oxygen atoms in total. The summed E-state index contributed by atoms with van der Waals surface area (Å²) in [6.45, 7) is 0. The molecule has 0 fully saturated rings. The molecule has 0 saturated heterocycles. The van der Waals surface area contributed by atoms with Gasteiger partial charge in [0, 0.05) is 5.39 Å². The molecule has 0 radical (unpaired) electrons. The smallest absolute Gasteiger partial charge is 0.446 e. The van der Waals surface area contributed by atoms with E-state index in [1.807, 2.05) is 0 Å². The van der Waals surface area contributed by atoms with E-state index in [2.05, 4.69) is 4.18 Å². The molecule has 116 valence electrons. The Morgan fingerprint density at radius 1 is 1.00 bits per heavy atom. The normalized spacial score (nSPS) is 11.3. The molecule has 0 aliphatic rings. The number of hydrogen-bond acceptors (Lipinski definition) is 8. The van der Waals surface area contributed by atoms with Crippen LogP contribution in [0.4, 0.5) is 11.4 Å². The number of nitrogens with zero attached hydrogens (tertiary/aromatic N) is 2. The largest absolute Gasteiger partial charge is 0.502 e. The van der Waals surface area contributed by atoms with Crippen molar-refractivity contribution in [1.82, 2.24) is 0 Å². The first-order chi connectivity index (χ1) is 10.1. The summed E-state index contributed by atoms with van der Waals surface area (Å²) in [5, 5.41) is 31.0. The van der Waals surface area contributed by atoms with Crippen LogP contribution in [0.25, 0.3) is 10.8 Å². The Morgan fingerprint density at radius 3 is 2.09 bits per heavy atom. The highest BCUT2D eigenvalue weighted by Gasteiger charge is 2.26. The fourth-order valence-corrected chi connectivity index (χ4v) is 2.17. The SMILES string of the molecule is O=[N+]([O-])c1cc([N+](=O)[O-])c2ccc(OS(=O)(=O)O)cc2c1O. The number of nitro benzene ring substituents is 2. The second kappa shape index (κ2) is 5.09. The lowest BCUT2D eigenvalue weighted by atomic mass is 10.1. The van der Waals surface area contributed by atoms with E-state index in [-0.39, 0.29) is 10.8 Å². The van der Waals surface area contributed by atoms with Crippen LogP contribution in [0, 0.1) is 20.2 Å². The number of fused-ring (bicyclic) bond motifs is 1. The van der Waals surface area contributed by atoms with Crippen molar-refractivity contribution in [3.05, 3.63) is 44.5 Å². The average Bonchev–Trinajstić information content (AvgIpc) is 2.37. The van der Waals surface area contributed by atoms with Gasteiger partial charge in [-0.1, -0.05) is 0 Å². The van der Waals surface area contributed by atoms with Crippen LogP contribution in [0.1, 0.15) is 0 Å². The molecule has 0 saturated carbocycles. The molecule has 0 aromatic heterocycles. The van der Waals surface area contributed by atoms with Gasteiger partial charge < -0.3 is 9.29 Å². The number of phenolic OH excluding ortho intramolecular Hbond substituents is 1. The Labute approximate surface area is 121 Å². The minimum absolute atomic E-state index is 0.171. The lowest BCUT2D eigenvalue weighted by molar-refractivity contribution is -0.393. The van der Waals surface area contributed by atoms with E-state index < -0.39 is 43.1 Å². The minimum Gasteiger partial charge on any atom is -0.502 e. The maximum atomic E-state index is 10.9. The Hall–Kier alpha value is -2.99. The molecule has 22 heavy (non-hydrogen) atoms. The van der Waals surface area contributed by atoms with E-state index in [0.717, 1.165) is 18.2 Å². The molecule has 0 amide bonds. The molecule has 0 heterocycles. The van der Waals surface area contributed by atoms with Crippen molar-refractivity contribution < 1.29 is 32.1 Å². The van der Waals surface area contributed by atoms with Crippen LogP contribution in [0.3, 0.4) is 0 Å². The molecule has 2 rings (SSSR count). The van der Waals surface area contributed by atoms with Crippen molar-refractivity contribution in [1.29, 1.82) is 0 Å². The van der Waals surface area contributed by atoms with Gasteiger partial charge in [-0.25, -0.2) is 0 Å². The van der Waals surface area contributed by atoms with E-state index in [0.29, 0.717) is 6.07 Å². The van der Waals surface area contributed by atoms with Crippen molar-refractivity contribution in [2.75, 3.05) is 0 Å². The van der Waals surface area contributed by atoms with Crippen LogP contribution in [0.5, 0.6) is 11.5 Å². The van der Waals surface area contributed by atoms with Gasteiger partial charge in [0.05, 0.1) is 21.3 Å². The first-order valence-electron chi connectivity index (χ1n) is 5.35. The topological polar surface area (TPSA) is 170 Å². The molecular formula is C10H6N2O9S. The number of nitro groups is 2. The van der Waals surface area contributed by atoms with Gasteiger partial charge in [0.25, 0.3) is 5.69 Å². The predicted molar refractivity (Wildman–Crippen MR) is 71.1 cm³/mol. The number of rotatable bonds is 4. The lowest BCUT2D eigenvalue weighted by Crippen LogP contribution is -2.06. The molecule has 0 bridgehead atoms. The average molecular weight is 330 g/mol. The Kier molecular flexibility index (Phi) is 3.56. The summed E-state index contributed by atoms with van der Waals surface area (Å²) in [7, 11) is -4.86. The Morgan fingerprint density at radius 2 is 1.59 bits per heavy atom. The van der Waals surface area contributed by atoms with Gasteiger partial charge in [-0.3, -0.25) is 24.8 Å². The molecule has 0 spiro atoms. The molecular weight excluding hydrogens is 324 g/mol. The quantitative estimate of drug-likeness (QED) is 0.479. The lowest BCUT2D eigenvalue weighted by Gasteiger charge is -2.06. The molecule has 12 heteroatoms. The van der Waals surface area contributed by atoms with Crippen molar-refractivity contribution in [3.8, 4) is 11.5 Å². The zero-order valence-corrected chi connectivity index (χ0v) is 11.2. The third-order valence-corrected chi connectivity index (χ3v) is 3.04. The summed E-state index contributed by atoms with van der Waals surface area (Å²) < 4.78 is 34.0. The highest BCUT2D eigenvalue weighted by Crippen LogP contribution is 2.41. The maximum Gasteiger partial charge on any atom is 0.446 e. The van der Waals surface area contributed by atoms with Crippen LogP contribution < -0.4 is 4.18 Å². The fraction of sp³-hybridized carbons (Fsp3) is 0. The van der Waals surface area contributed by atoms with Gasteiger partial charge >= 0.3 is 16.1 Å². The Bertz CT molecular complexity index is 906. The van der Waals surface area contributed by atoms with Gasteiger partial charge in [0.1, 0.15) is 5.75 Å². The van der Waals surface area contributed by atoms with Crippen LogP contribution in [0.15, 0.2) is 24.3 Å². The zero-order valence-electron chi connectivity index (χ0n) is 10.4. The standard InChI is InChI=1S/C10H6N2O9S/c13-10-7-3-5(21-22(18,19)20)1-2-6(7)8(11(14)15)4-9(10)12(16)17/h1-4,13H,(H,18,19,20). The highest BCUT2D eigenvalue weighted by atomic mass is 32.3. The number of hydrogen-bond donors (Lipinski definition) is 2. The minimum atomic E-state index is -4.86. The van der Waals surface area contributed by atoms with Crippen molar-refractivity contribution in [2.45, 2.75) is 0 Å². The molecule has 0 atom stereocenters. The zero-order chi connectivity index (χ0) is 16.7. The third-order valence-electron chi connectivity index (χ3n) is 2.63. The van der Waals surface area contributed by atoms with Crippen LogP contribution >= 0.6 is 0 Å². The summed E-state index contributed by atoms with van der Waals surface area (Å²) in [6.07, 6.45) is 0. The van der Waals surface area contributed by atoms with Crippen molar-refractivity contribution >= 4 is 32.5 Å². The van der Waals surface area contributed by atoms with Crippen LogP contribution in [-0.4, -0.2) is 27.9 Å². The highest BCUT2D eigenvalue weighted by molar-refractivity contribution is 7.81. The molecule has 2 aromatic carbocycles. The summed E-state index contributed by atoms with van der Waals surface area (Å²) in [4.78, 5) is 19.8. The van der Waals surface area contributed by atoms with Gasteiger partial charge in [-0.15, -0.1) is 0 Å². The van der Waals surface area contributed by atoms with E-state index in [9.17, 15) is 33.8 Å². The second-order valence-corrected chi connectivity index (χ2v) is 5.02. The predicted octanol–water partition coefficient (Wildman–Crippen LogP) is 1.54. The summed E-state index contributed by atoms with van der Waals surface area (Å²) in [6, 6.07) is 3.41. The molecule has 2 N–H and O–H groups in total. The summed E-state index contributed by atoms with van der Waals surface area (Å²) in [5.41, 5.74) is -1.58. The molecule has 0 aliphatic carbocycles. The van der Waals surface area contributed by atoms with Gasteiger partial charge in [-0.2, -0.15) is 8.42 Å². The first-order valence-corrected chi connectivity index (χ1v) is 6.72. The molecule has 0 aliphatic heterocycles. The summed E-state index contributed by atoms with van der Waals surface area (Å²) in [5.74, 6) is -1.38. The number of aromatic hydroxyl groups is 1. The van der Waals surface area contributed by atoms with E-state index >= 15 is 0 Å². The van der Waals surface area contributed by atoms with E-state index in [1.54, 1.807) is 0 Å². The number of non-ortho nitro benzene ring substituents is 1. The monoisotopic (exact) mass is 330 g/mol. The van der Waals surface area contributed by atoms with Crippen molar-refractivity contribution in [2.24, 2.45) is 0 Å². The van der Waals surface area contributed by atoms with Gasteiger partial charge in [0.2, 0.25) is 5.75 Å². The third kappa shape index (κ3) is 2.87. The number of benzene rings is 2. The second-order valence-electron chi connectivity index (χ2n) is 4.00. The first kappa shape index (κ1) is 15.4. The van der Waals surface area contributed by atoms with Crippen LogP contribution in [-0.2, 0) is 10.4 Å². The van der Waals surface area contributed by atoms with E-state index in [4.69, 9.17) is 4.55 Å². The molecule has 2 aromatic rings. The van der Waals surface area contributed by atoms with E-state index in [1.165, 1.54) is 0 Å². The molecule has 0 unspecified atom stereocenters. The van der Waals surface area contributed by atoms with Crippen LogP contribution in [0.2, 0.25) is 0 Å². The van der Waals surface area contributed by atoms with Crippen molar-refractivity contribution in [3.63, 3.8) is 0 Å². The maximum absolute atomic E-state index is 10.9. The Balaban J connectivity index is 2.82. The fourth-order valence-electron chi connectivity index (χ4n) is 1.82.